The Bertz CT molecular complexity index is 1100. The van der Waals surface area contributed by atoms with Crippen LogP contribution in [0.2, 0.25) is 0 Å². The minimum atomic E-state index is -0.377. The van der Waals surface area contributed by atoms with Crippen molar-refractivity contribution in [1.29, 1.82) is 0 Å². The summed E-state index contributed by atoms with van der Waals surface area (Å²) in [5.74, 6) is 0.571. The molecule has 7 nitrogen and oxygen atoms in total. The van der Waals surface area contributed by atoms with Crippen molar-refractivity contribution in [3.63, 3.8) is 0 Å². The largest absolute Gasteiger partial charge is 0.490 e. The number of amides is 1. The lowest BCUT2D eigenvalue weighted by Crippen LogP contribution is -2.34. The van der Waals surface area contributed by atoms with Crippen molar-refractivity contribution < 1.29 is 23.8 Å². The van der Waals surface area contributed by atoms with Crippen molar-refractivity contribution in [2.45, 2.75) is 13.3 Å². The third-order valence-electron chi connectivity index (χ3n) is 4.50. The van der Waals surface area contributed by atoms with E-state index in [0.717, 1.165) is 12.2 Å². The first-order valence-electron chi connectivity index (χ1n) is 10.9. The molecule has 0 spiro atoms. The van der Waals surface area contributed by atoms with Gasteiger partial charge in [0.2, 0.25) is 0 Å². The van der Waals surface area contributed by atoms with E-state index in [-0.39, 0.29) is 17.0 Å². The molecule has 0 aliphatic carbocycles. The maximum atomic E-state index is 12.6. The van der Waals surface area contributed by atoms with E-state index in [0.29, 0.717) is 42.4 Å². The van der Waals surface area contributed by atoms with Gasteiger partial charge in [0.05, 0.1) is 12.2 Å². The molecule has 3 aromatic carbocycles. The van der Waals surface area contributed by atoms with Gasteiger partial charge in [-0.2, -0.15) is 0 Å². The monoisotopic (exact) mass is 478 g/mol. The predicted octanol–water partition coefficient (Wildman–Crippen LogP) is 4.84. The molecule has 0 unspecified atom stereocenters. The van der Waals surface area contributed by atoms with E-state index in [1.54, 1.807) is 48.5 Å². The van der Waals surface area contributed by atoms with Gasteiger partial charge in [0.1, 0.15) is 24.7 Å². The van der Waals surface area contributed by atoms with Gasteiger partial charge in [0.15, 0.2) is 5.11 Å². The van der Waals surface area contributed by atoms with Crippen LogP contribution in [0.4, 0.5) is 5.69 Å². The molecule has 8 heteroatoms. The molecule has 0 aliphatic heterocycles. The molecule has 1 amide bonds. The van der Waals surface area contributed by atoms with E-state index >= 15 is 0 Å². The maximum absolute atomic E-state index is 12.6. The van der Waals surface area contributed by atoms with Gasteiger partial charge in [-0.15, -0.1) is 0 Å². The van der Waals surface area contributed by atoms with Crippen LogP contribution < -0.4 is 20.1 Å². The molecule has 0 aromatic heterocycles. The fourth-order valence-corrected chi connectivity index (χ4v) is 3.08. The normalized spacial score (nSPS) is 10.1. The minimum absolute atomic E-state index is 0.133. The number of thiocarbonyl (C=S) groups is 1. The van der Waals surface area contributed by atoms with E-state index in [1.807, 2.05) is 37.3 Å². The first-order valence-corrected chi connectivity index (χ1v) is 11.3. The Hall–Kier alpha value is -3.91. The van der Waals surface area contributed by atoms with Crippen LogP contribution >= 0.6 is 12.2 Å². The van der Waals surface area contributed by atoms with Crippen LogP contribution in [0.15, 0.2) is 78.9 Å². The molecule has 2 N–H and O–H groups in total. The number of anilines is 1. The number of carbonyl (C=O) groups excluding carboxylic acids is 2. The van der Waals surface area contributed by atoms with Gasteiger partial charge < -0.3 is 19.5 Å². The highest BCUT2D eigenvalue weighted by Gasteiger charge is 2.10. The summed E-state index contributed by atoms with van der Waals surface area (Å²) in [5.41, 5.74) is 1.48. The smallest absolute Gasteiger partial charge is 0.338 e. The third-order valence-corrected chi connectivity index (χ3v) is 4.71. The van der Waals surface area contributed by atoms with Crippen molar-refractivity contribution in [2.75, 3.05) is 25.1 Å². The topological polar surface area (TPSA) is 85.9 Å². The molecule has 0 radical (unpaired) electrons. The Kier molecular flexibility index (Phi) is 9.42. The van der Waals surface area contributed by atoms with Crippen molar-refractivity contribution in [3.05, 3.63) is 90.0 Å². The van der Waals surface area contributed by atoms with E-state index in [9.17, 15) is 9.59 Å². The van der Waals surface area contributed by atoms with Crippen molar-refractivity contribution in [1.82, 2.24) is 5.32 Å². The number of para-hydroxylation sites is 1. The first-order chi connectivity index (χ1) is 16.5. The van der Waals surface area contributed by atoms with E-state index in [4.69, 9.17) is 26.4 Å². The molecule has 0 fully saturated rings. The highest BCUT2D eigenvalue weighted by atomic mass is 32.1. The molecule has 0 saturated heterocycles. The van der Waals surface area contributed by atoms with Gasteiger partial charge >= 0.3 is 5.97 Å². The number of nitrogens with one attached hydrogen (secondary N) is 2. The van der Waals surface area contributed by atoms with Crippen LogP contribution in [0.3, 0.4) is 0 Å². The number of ether oxygens (including phenoxy) is 3. The second kappa shape index (κ2) is 13.0. The number of carbonyl (C=O) groups is 2. The number of benzene rings is 3. The number of esters is 1. The summed E-state index contributed by atoms with van der Waals surface area (Å²) in [4.78, 5) is 24.4. The van der Waals surface area contributed by atoms with E-state index < -0.39 is 0 Å². The molecule has 0 saturated carbocycles. The summed E-state index contributed by atoms with van der Waals surface area (Å²) >= 11 is 5.24. The summed E-state index contributed by atoms with van der Waals surface area (Å²) in [6.45, 7) is 3.02. The standard InChI is InChI=1S/C26H26N2O5S/c1-2-15-33-25(30)19-11-13-21(14-12-19)27-26(34)28-24(29)20-7-6-10-23(18-20)32-17-16-31-22-8-4-3-5-9-22/h3-14,18H,2,15-17H2,1H3,(H2,27,28,29,34). The molecule has 3 aromatic rings. The molecular weight excluding hydrogens is 452 g/mol. The maximum Gasteiger partial charge on any atom is 0.338 e. The van der Waals surface area contributed by atoms with Crippen LogP contribution in [0.5, 0.6) is 11.5 Å². The molecule has 34 heavy (non-hydrogen) atoms. The van der Waals surface area contributed by atoms with Crippen molar-refractivity contribution >= 4 is 34.9 Å². The number of hydrogen-bond donors (Lipinski definition) is 2. The van der Waals surface area contributed by atoms with Gasteiger partial charge in [-0.1, -0.05) is 31.2 Å². The Morgan fingerprint density at radius 2 is 1.47 bits per heavy atom. The Labute approximate surface area is 204 Å². The third kappa shape index (κ3) is 7.90. The zero-order chi connectivity index (χ0) is 24.2. The summed E-state index contributed by atoms with van der Waals surface area (Å²) in [6.07, 6.45) is 0.761. The first kappa shape index (κ1) is 24.7. The SMILES string of the molecule is CCCOC(=O)c1ccc(NC(=S)NC(=O)c2cccc(OCCOc3ccccc3)c2)cc1. The van der Waals surface area contributed by atoms with Crippen LogP contribution in [0.1, 0.15) is 34.1 Å². The zero-order valence-corrected chi connectivity index (χ0v) is 19.6. The highest BCUT2D eigenvalue weighted by molar-refractivity contribution is 7.80. The van der Waals surface area contributed by atoms with Crippen LogP contribution in [0, 0.1) is 0 Å². The summed E-state index contributed by atoms with van der Waals surface area (Å²) < 4.78 is 16.4. The molecule has 0 atom stereocenters. The number of rotatable bonds is 10. The fraction of sp³-hybridized carbons (Fsp3) is 0.192. The van der Waals surface area contributed by atoms with Crippen LogP contribution in [0.25, 0.3) is 0 Å². The second-order valence-corrected chi connectivity index (χ2v) is 7.57. The van der Waals surface area contributed by atoms with Gasteiger partial charge in [-0.05, 0) is 73.2 Å². The van der Waals surface area contributed by atoms with Crippen LogP contribution in [-0.2, 0) is 4.74 Å². The molecule has 176 valence electrons. The number of hydrogen-bond acceptors (Lipinski definition) is 6. The minimum Gasteiger partial charge on any atom is -0.490 e. The Balaban J connectivity index is 1.46. The Morgan fingerprint density at radius 3 is 2.18 bits per heavy atom. The molecule has 3 rings (SSSR count). The van der Waals surface area contributed by atoms with E-state index in [2.05, 4.69) is 10.6 Å². The average molecular weight is 479 g/mol. The molecule has 0 aliphatic rings. The fourth-order valence-electron chi connectivity index (χ4n) is 2.87. The van der Waals surface area contributed by atoms with E-state index in [1.165, 1.54) is 0 Å². The summed E-state index contributed by atoms with van der Waals surface area (Å²) in [7, 11) is 0. The van der Waals surface area contributed by atoms with Gasteiger partial charge in [-0.25, -0.2) is 4.79 Å². The van der Waals surface area contributed by atoms with Crippen molar-refractivity contribution in [3.8, 4) is 11.5 Å². The quantitative estimate of drug-likeness (QED) is 0.245. The van der Waals surface area contributed by atoms with Crippen molar-refractivity contribution in [2.24, 2.45) is 0 Å². The second-order valence-electron chi connectivity index (χ2n) is 7.16. The zero-order valence-electron chi connectivity index (χ0n) is 18.8. The molecular formula is C26H26N2O5S. The average Bonchev–Trinajstić information content (AvgIpc) is 2.86. The lowest BCUT2D eigenvalue weighted by Gasteiger charge is -2.11. The highest BCUT2D eigenvalue weighted by Crippen LogP contribution is 2.15. The lowest BCUT2D eigenvalue weighted by atomic mass is 10.2. The van der Waals surface area contributed by atoms with Crippen LogP contribution in [-0.4, -0.2) is 36.8 Å². The summed E-state index contributed by atoms with van der Waals surface area (Å²) in [6, 6.07) is 22.9. The lowest BCUT2D eigenvalue weighted by molar-refractivity contribution is 0.0505. The predicted molar refractivity (Wildman–Crippen MR) is 135 cm³/mol. The Morgan fingerprint density at radius 1 is 0.794 bits per heavy atom. The summed E-state index contributed by atoms with van der Waals surface area (Å²) in [5, 5.41) is 5.69. The van der Waals surface area contributed by atoms with Gasteiger partial charge in [0, 0.05) is 11.3 Å². The molecule has 0 bridgehead atoms. The van der Waals surface area contributed by atoms with Gasteiger partial charge in [-0.3, -0.25) is 10.1 Å². The molecule has 0 heterocycles. The van der Waals surface area contributed by atoms with Gasteiger partial charge in [0.25, 0.3) is 5.91 Å².